The Morgan fingerprint density at radius 3 is 2.60 bits per heavy atom. The number of rotatable bonds is 7. The minimum Gasteiger partial charge on any atom is -0.392 e. The van der Waals surface area contributed by atoms with Crippen LogP contribution in [0.4, 0.5) is 0 Å². The van der Waals surface area contributed by atoms with Gasteiger partial charge in [-0.05, 0) is 19.8 Å². The first kappa shape index (κ1) is 14.3. The van der Waals surface area contributed by atoms with Gasteiger partial charge in [0.15, 0.2) is 0 Å². The molecule has 0 aliphatic carbocycles. The summed E-state index contributed by atoms with van der Waals surface area (Å²) in [7, 11) is 1.63. The van der Waals surface area contributed by atoms with Gasteiger partial charge in [-0.2, -0.15) is 0 Å². The summed E-state index contributed by atoms with van der Waals surface area (Å²) in [6.45, 7) is 4.88. The van der Waals surface area contributed by atoms with E-state index in [1.807, 2.05) is 6.92 Å². The summed E-state index contributed by atoms with van der Waals surface area (Å²) in [6.07, 6.45) is 1.40. The SMILES string of the molecule is CCC(C)(C(=O)NCCCOC)C(N)=S. The van der Waals surface area contributed by atoms with Gasteiger partial charge in [-0.1, -0.05) is 19.1 Å². The number of hydrogen-bond acceptors (Lipinski definition) is 3. The average Bonchev–Trinajstić information content (AvgIpc) is 2.22. The monoisotopic (exact) mass is 232 g/mol. The highest BCUT2D eigenvalue weighted by Gasteiger charge is 2.33. The van der Waals surface area contributed by atoms with Crippen molar-refractivity contribution in [3.05, 3.63) is 0 Å². The minimum absolute atomic E-state index is 0.103. The molecule has 0 saturated carbocycles. The van der Waals surface area contributed by atoms with Crippen molar-refractivity contribution in [1.29, 1.82) is 0 Å². The van der Waals surface area contributed by atoms with E-state index < -0.39 is 5.41 Å². The molecule has 1 unspecified atom stereocenters. The molecule has 15 heavy (non-hydrogen) atoms. The minimum atomic E-state index is -0.734. The smallest absolute Gasteiger partial charge is 0.232 e. The topological polar surface area (TPSA) is 64.3 Å². The molecule has 0 spiro atoms. The number of nitrogens with one attached hydrogen (secondary N) is 1. The molecule has 0 aromatic carbocycles. The third-order valence-electron chi connectivity index (χ3n) is 2.56. The molecule has 0 radical (unpaired) electrons. The van der Waals surface area contributed by atoms with E-state index in [9.17, 15) is 4.79 Å². The standard InChI is InChI=1S/C10H20N2O2S/c1-4-10(2,8(11)15)9(13)12-6-5-7-14-3/h4-7H2,1-3H3,(H2,11,15)(H,12,13). The van der Waals surface area contributed by atoms with E-state index in [2.05, 4.69) is 5.32 Å². The second-order valence-corrected chi connectivity index (χ2v) is 4.09. The van der Waals surface area contributed by atoms with Crippen molar-refractivity contribution >= 4 is 23.1 Å². The summed E-state index contributed by atoms with van der Waals surface area (Å²) in [6, 6.07) is 0. The van der Waals surface area contributed by atoms with Gasteiger partial charge >= 0.3 is 0 Å². The Kier molecular flexibility index (Phi) is 6.43. The number of carbonyl (C=O) groups excluding carboxylic acids is 1. The van der Waals surface area contributed by atoms with Crippen LogP contribution < -0.4 is 11.1 Å². The Morgan fingerprint density at radius 2 is 2.20 bits per heavy atom. The average molecular weight is 232 g/mol. The Morgan fingerprint density at radius 1 is 1.60 bits per heavy atom. The lowest BCUT2D eigenvalue weighted by Gasteiger charge is -2.25. The molecule has 1 atom stereocenters. The van der Waals surface area contributed by atoms with Gasteiger partial charge in [-0.25, -0.2) is 0 Å². The van der Waals surface area contributed by atoms with Crippen LogP contribution in [0.25, 0.3) is 0 Å². The Hall–Kier alpha value is -0.680. The number of carbonyl (C=O) groups is 1. The van der Waals surface area contributed by atoms with Crippen LogP contribution >= 0.6 is 12.2 Å². The maximum absolute atomic E-state index is 11.8. The molecular weight excluding hydrogens is 212 g/mol. The highest BCUT2D eigenvalue weighted by Crippen LogP contribution is 2.21. The number of amides is 1. The molecule has 5 heteroatoms. The zero-order valence-corrected chi connectivity index (χ0v) is 10.4. The first-order valence-electron chi connectivity index (χ1n) is 5.06. The van der Waals surface area contributed by atoms with E-state index in [0.717, 1.165) is 6.42 Å². The number of nitrogens with two attached hydrogens (primary N) is 1. The molecule has 0 heterocycles. The van der Waals surface area contributed by atoms with Crippen molar-refractivity contribution in [2.24, 2.45) is 11.1 Å². The van der Waals surface area contributed by atoms with E-state index >= 15 is 0 Å². The van der Waals surface area contributed by atoms with Crippen molar-refractivity contribution in [3.8, 4) is 0 Å². The fourth-order valence-electron chi connectivity index (χ4n) is 1.06. The summed E-state index contributed by atoms with van der Waals surface area (Å²) in [5.74, 6) is -0.103. The van der Waals surface area contributed by atoms with Crippen LogP contribution in [0, 0.1) is 5.41 Å². The molecule has 88 valence electrons. The van der Waals surface area contributed by atoms with Crippen LogP contribution in [0.15, 0.2) is 0 Å². The zero-order valence-electron chi connectivity index (χ0n) is 9.63. The maximum Gasteiger partial charge on any atom is 0.232 e. The third-order valence-corrected chi connectivity index (χ3v) is 3.01. The molecular formula is C10H20N2O2S. The van der Waals surface area contributed by atoms with E-state index in [0.29, 0.717) is 19.6 Å². The highest BCUT2D eigenvalue weighted by atomic mass is 32.1. The first-order valence-corrected chi connectivity index (χ1v) is 5.47. The van der Waals surface area contributed by atoms with Crippen LogP contribution in [0.1, 0.15) is 26.7 Å². The van der Waals surface area contributed by atoms with Gasteiger partial charge in [0.1, 0.15) is 0 Å². The van der Waals surface area contributed by atoms with Crippen molar-refractivity contribution in [3.63, 3.8) is 0 Å². The van der Waals surface area contributed by atoms with Gasteiger partial charge < -0.3 is 15.8 Å². The molecule has 1 amide bonds. The van der Waals surface area contributed by atoms with Crippen LogP contribution in [-0.2, 0) is 9.53 Å². The molecule has 3 N–H and O–H groups in total. The fourth-order valence-corrected chi connectivity index (χ4v) is 1.30. The lowest BCUT2D eigenvalue weighted by molar-refractivity contribution is -0.127. The van der Waals surface area contributed by atoms with Gasteiger partial charge in [0.05, 0.1) is 10.4 Å². The molecule has 0 bridgehead atoms. The second kappa shape index (κ2) is 6.74. The van der Waals surface area contributed by atoms with Crippen molar-refractivity contribution in [1.82, 2.24) is 5.32 Å². The predicted octanol–water partition coefficient (Wildman–Crippen LogP) is 0.842. The number of methoxy groups -OCH3 is 1. The lowest BCUT2D eigenvalue weighted by Crippen LogP contribution is -2.46. The normalized spacial score (nSPS) is 14.3. The van der Waals surface area contributed by atoms with Crippen LogP contribution in [0.5, 0.6) is 0 Å². The number of ether oxygens (including phenoxy) is 1. The highest BCUT2D eigenvalue weighted by molar-refractivity contribution is 7.80. The summed E-state index contributed by atoms with van der Waals surface area (Å²) in [5, 5.41) is 2.80. The van der Waals surface area contributed by atoms with Crippen molar-refractivity contribution < 1.29 is 9.53 Å². The Bertz CT molecular complexity index is 233. The van der Waals surface area contributed by atoms with Gasteiger partial charge in [0.25, 0.3) is 0 Å². The summed E-state index contributed by atoms with van der Waals surface area (Å²) in [5.41, 5.74) is 4.82. The molecule has 0 aliphatic rings. The third kappa shape index (κ3) is 4.13. The Balaban J connectivity index is 4.11. The molecule has 0 aliphatic heterocycles. The van der Waals surface area contributed by atoms with Gasteiger partial charge in [-0.3, -0.25) is 4.79 Å². The van der Waals surface area contributed by atoms with Crippen LogP contribution in [0.3, 0.4) is 0 Å². The maximum atomic E-state index is 11.8. The van der Waals surface area contributed by atoms with E-state index in [1.54, 1.807) is 14.0 Å². The molecule has 0 aromatic heterocycles. The van der Waals surface area contributed by atoms with E-state index in [4.69, 9.17) is 22.7 Å². The zero-order chi connectivity index (χ0) is 11.9. The second-order valence-electron chi connectivity index (χ2n) is 3.65. The Labute approximate surface area is 96.5 Å². The largest absolute Gasteiger partial charge is 0.392 e. The fraction of sp³-hybridized carbons (Fsp3) is 0.800. The number of thiocarbonyl (C=S) groups is 1. The van der Waals surface area contributed by atoms with Gasteiger partial charge in [0.2, 0.25) is 5.91 Å². The summed E-state index contributed by atoms with van der Waals surface area (Å²) < 4.78 is 4.88. The molecule has 0 saturated heterocycles. The van der Waals surface area contributed by atoms with Gasteiger partial charge in [-0.15, -0.1) is 0 Å². The molecule has 0 aromatic rings. The predicted molar refractivity (Wildman–Crippen MR) is 64.7 cm³/mol. The molecule has 0 rings (SSSR count). The first-order chi connectivity index (χ1) is 6.99. The molecule has 0 fully saturated rings. The van der Waals surface area contributed by atoms with Gasteiger partial charge in [0, 0.05) is 20.3 Å². The van der Waals surface area contributed by atoms with Crippen molar-refractivity contribution in [2.75, 3.05) is 20.3 Å². The van der Waals surface area contributed by atoms with E-state index in [-0.39, 0.29) is 10.9 Å². The quantitative estimate of drug-likeness (QED) is 0.504. The number of hydrogen-bond donors (Lipinski definition) is 2. The molecule has 4 nitrogen and oxygen atoms in total. The summed E-state index contributed by atoms with van der Waals surface area (Å²) >= 11 is 4.90. The van der Waals surface area contributed by atoms with Crippen LogP contribution in [0.2, 0.25) is 0 Å². The van der Waals surface area contributed by atoms with E-state index in [1.165, 1.54) is 0 Å². The summed E-state index contributed by atoms with van der Waals surface area (Å²) in [4.78, 5) is 12.0. The lowest BCUT2D eigenvalue weighted by atomic mass is 9.86. The van der Waals surface area contributed by atoms with Crippen molar-refractivity contribution in [2.45, 2.75) is 26.7 Å². The van der Waals surface area contributed by atoms with Crippen LogP contribution in [-0.4, -0.2) is 31.2 Å².